The van der Waals surface area contributed by atoms with Crippen molar-refractivity contribution < 1.29 is 0 Å². The van der Waals surface area contributed by atoms with Gasteiger partial charge in [0.25, 0.3) is 0 Å². The van der Waals surface area contributed by atoms with Crippen LogP contribution in [0.5, 0.6) is 0 Å². The van der Waals surface area contributed by atoms with E-state index < -0.39 is 0 Å². The predicted octanol–water partition coefficient (Wildman–Crippen LogP) is 10.8. The molecule has 0 amide bonds. The minimum absolute atomic E-state index is 0.00823. The van der Waals surface area contributed by atoms with Crippen LogP contribution in [-0.4, -0.2) is 15.3 Å². The Kier molecular flexibility index (Phi) is 7.51. The molecular weight excluding hydrogens is 659 g/mol. The van der Waals surface area contributed by atoms with Crippen molar-refractivity contribution in [3.05, 3.63) is 186 Å². The number of allylic oxidation sites excluding steroid dienone is 4. The van der Waals surface area contributed by atoms with Crippen molar-refractivity contribution in [3.8, 4) is 11.4 Å². The summed E-state index contributed by atoms with van der Waals surface area (Å²) in [6.07, 6.45) is 16.8. The van der Waals surface area contributed by atoms with Crippen molar-refractivity contribution in [1.82, 2.24) is 25.1 Å². The summed E-state index contributed by atoms with van der Waals surface area (Å²) in [4.78, 5) is 0. The summed E-state index contributed by atoms with van der Waals surface area (Å²) in [6.45, 7) is 0. The van der Waals surface area contributed by atoms with Crippen molar-refractivity contribution in [2.75, 3.05) is 0 Å². The van der Waals surface area contributed by atoms with E-state index >= 15 is 0 Å². The molecule has 5 heteroatoms. The minimum Gasteiger partial charge on any atom is -0.313 e. The SMILES string of the molecule is C1=CCC(C2NC(c3ccccc3)NC(c3ccc4cc(-n5c6ccccc6c6cc7c8c(n(-c9ccccc9)c7cc65)CCC=C8)ccc4c3)N2)C=C1. The van der Waals surface area contributed by atoms with E-state index in [2.05, 4.69) is 195 Å². The van der Waals surface area contributed by atoms with Crippen molar-refractivity contribution in [2.24, 2.45) is 5.92 Å². The van der Waals surface area contributed by atoms with E-state index in [0.717, 1.165) is 19.3 Å². The molecule has 0 radical (unpaired) electrons. The van der Waals surface area contributed by atoms with Gasteiger partial charge in [0.15, 0.2) is 0 Å². The Morgan fingerprint density at radius 1 is 0.519 bits per heavy atom. The number of nitrogens with zero attached hydrogens (tertiary/aromatic N) is 2. The fourth-order valence-corrected chi connectivity index (χ4v) is 9.19. The average molecular weight is 700 g/mol. The molecule has 2 aromatic heterocycles. The average Bonchev–Trinajstić information content (AvgIpc) is 3.75. The molecular formula is C49H41N5. The zero-order valence-corrected chi connectivity index (χ0v) is 30.0. The predicted molar refractivity (Wildman–Crippen MR) is 224 cm³/mol. The third-order valence-electron chi connectivity index (χ3n) is 11.8. The quantitative estimate of drug-likeness (QED) is 0.168. The molecule has 5 nitrogen and oxygen atoms in total. The van der Waals surface area contributed by atoms with Crippen molar-refractivity contribution >= 4 is 49.6 Å². The molecule has 1 aliphatic heterocycles. The molecule has 3 N–H and O–H groups in total. The Morgan fingerprint density at radius 3 is 2.13 bits per heavy atom. The lowest BCUT2D eigenvalue weighted by atomic mass is 9.94. The number of aromatic nitrogens is 2. The number of fused-ring (bicyclic) bond motifs is 7. The first-order valence-corrected chi connectivity index (χ1v) is 19.3. The normalized spacial score (nSPS) is 21.0. The summed E-state index contributed by atoms with van der Waals surface area (Å²) in [6, 6.07) is 49.2. The highest BCUT2D eigenvalue weighted by molar-refractivity contribution is 6.15. The van der Waals surface area contributed by atoms with Gasteiger partial charge in [0.05, 0.1) is 35.0 Å². The van der Waals surface area contributed by atoms with Gasteiger partial charge in [-0.25, -0.2) is 0 Å². The first-order chi connectivity index (χ1) is 26.8. The fraction of sp³-hybridized carbons (Fsp3) is 0.143. The maximum Gasteiger partial charge on any atom is 0.0862 e. The van der Waals surface area contributed by atoms with Crippen molar-refractivity contribution in [2.45, 2.75) is 37.8 Å². The third kappa shape index (κ3) is 5.19. The Morgan fingerprint density at radius 2 is 1.28 bits per heavy atom. The summed E-state index contributed by atoms with van der Waals surface area (Å²) < 4.78 is 4.96. The van der Waals surface area contributed by atoms with E-state index in [0.29, 0.717) is 5.92 Å². The summed E-state index contributed by atoms with van der Waals surface area (Å²) in [5.41, 5.74) is 11.3. The molecule has 3 heterocycles. The number of rotatable bonds is 5. The Balaban J connectivity index is 1.02. The van der Waals surface area contributed by atoms with Gasteiger partial charge >= 0.3 is 0 Å². The molecule has 0 spiro atoms. The third-order valence-corrected chi connectivity index (χ3v) is 11.8. The molecule has 1 fully saturated rings. The molecule has 11 rings (SSSR count). The Bertz CT molecular complexity index is 2800. The van der Waals surface area contributed by atoms with E-state index in [-0.39, 0.29) is 18.5 Å². The minimum atomic E-state index is -0.00823. The van der Waals surface area contributed by atoms with Gasteiger partial charge in [-0.15, -0.1) is 0 Å². The standard InChI is InChI=1S/C49H41N5/c1-4-14-32(15-5-1)47-50-48(33-16-6-2-7-17-33)52-49(51-47)36-25-24-35-29-38(27-26-34(35)28-36)54-44-23-13-11-21-40(44)42-30-41-39-20-10-12-22-43(39)53(45(41)31-46(42)54)37-18-8-3-9-19-37/h1-11,13-16,18-21,23-31,33,47-52H,12,17,22H2. The lowest BCUT2D eigenvalue weighted by molar-refractivity contribution is 0.170. The summed E-state index contributed by atoms with van der Waals surface area (Å²) in [7, 11) is 0. The molecule has 54 heavy (non-hydrogen) atoms. The van der Waals surface area contributed by atoms with Gasteiger partial charge in [-0.3, -0.25) is 16.0 Å². The molecule has 4 unspecified atom stereocenters. The topological polar surface area (TPSA) is 46.0 Å². The molecule has 4 atom stereocenters. The molecule has 6 aromatic carbocycles. The summed E-state index contributed by atoms with van der Waals surface area (Å²) >= 11 is 0. The van der Waals surface area contributed by atoms with Crippen LogP contribution in [0, 0.1) is 5.92 Å². The van der Waals surface area contributed by atoms with E-state index in [1.54, 1.807) is 0 Å². The second-order valence-corrected chi connectivity index (χ2v) is 15.0. The van der Waals surface area contributed by atoms with Gasteiger partial charge in [0, 0.05) is 44.7 Å². The molecule has 3 aliphatic rings. The summed E-state index contributed by atoms with van der Waals surface area (Å²) in [5, 5.41) is 18.0. The van der Waals surface area contributed by atoms with Crippen LogP contribution < -0.4 is 16.0 Å². The van der Waals surface area contributed by atoms with Crippen LogP contribution in [0.15, 0.2) is 164 Å². The Labute approximate surface area is 314 Å². The number of hydrogen-bond donors (Lipinski definition) is 3. The van der Waals surface area contributed by atoms with Gasteiger partial charge in [-0.05, 0) is 89.7 Å². The van der Waals surface area contributed by atoms with E-state index in [1.165, 1.54) is 77.2 Å². The van der Waals surface area contributed by atoms with Gasteiger partial charge in [-0.2, -0.15) is 0 Å². The number of nitrogens with one attached hydrogen (secondary N) is 3. The first kappa shape index (κ1) is 31.5. The highest BCUT2D eigenvalue weighted by Gasteiger charge is 2.32. The maximum atomic E-state index is 3.91. The zero-order chi connectivity index (χ0) is 35.6. The number of para-hydroxylation sites is 2. The Hall–Kier alpha value is -5.98. The van der Waals surface area contributed by atoms with Crippen LogP contribution in [0.2, 0.25) is 0 Å². The smallest absolute Gasteiger partial charge is 0.0862 e. The molecule has 0 bridgehead atoms. The zero-order valence-electron chi connectivity index (χ0n) is 30.0. The van der Waals surface area contributed by atoms with Crippen LogP contribution in [0.4, 0.5) is 0 Å². The monoisotopic (exact) mass is 699 g/mol. The van der Waals surface area contributed by atoms with Crippen molar-refractivity contribution in [1.29, 1.82) is 0 Å². The number of benzene rings is 6. The number of hydrogen-bond acceptors (Lipinski definition) is 3. The van der Waals surface area contributed by atoms with E-state index in [4.69, 9.17) is 0 Å². The molecule has 262 valence electrons. The van der Waals surface area contributed by atoms with Gasteiger partial charge in [-0.1, -0.05) is 121 Å². The fourth-order valence-electron chi connectivity index (χ4n) is 9.19. The first-order valence-electron chi connectivity index (χ1n) is 19.3. The molecule has 1 saturated heterocycles. The van der Waals surface area contributed by atoms with Gasteiger partial charge < -0.3 is 9.13 Å². The van der Waals surface area contributed by atoms with Gasteiger partial charge in [0.1, 0.15) is 0 Å². The second kappa shape index (κ2) is 12.9. The van der Waals surface area contributed by atoms with Crippen LogP contribution in [-0.2, 0) is 6.42 Å². The van der Waals surface area contributed by atoms with E-state index in [1.807, 2.05) is 0 Å². The lowest BCUT2D eigenvalue weighted by Crippen LogP contribution is -2.61. The molecule has 2 aliphatic carbocycles. The van der Waals surface area contributed by atoms with Crippen LogP contribution >= 0.6 is 0 Å². The van der Waals surface area contributed by atoms with Crippen molar-refractivity contribution in [3.63, 3.8) is 0 Å². The van der Waals surface area contributed by atoms with Crippen LogP contribution in [0.25, 0.3) is 60.9 Å². The highest BCUT2D eigenvalue weighted by Crippen LogP contribution is 2.41. The lowest BCUT2D eigenvalue weighted by Gasteiger charge is -2.42. The highest BCUT2D eigenvalue weighted by atomic mass is 15.4. The maximum absolute atomic E-state index is 3.91. The molecule has 0 saturated carbocycles. The van der Waals surface area contributed by atoms with Crippen LogP contribution in [0.1, 0.15) is 47.6 Å². The van der Waals surface area contributed by atoms with Crippen LogP contribution in [0.3, 0.4) is 0 Å². The molecule has 8 aromatic rings. The summed E-state index contributed by atoms with van der Waals surface area (Å²) in [5.74, 6) is 0.374. The largest absolute Gasteiger partial charge is 0.313 e. The second-order valence-electron chi connectivity index (χ2n) is 15.0. The van der Waals surface area contributed by atoms with Gasteiger partial charge in [0.2, 0.25) is 0 Å². The van der Waals surface area contributed by atoms with E-state index in [9.17, 15) is 0 Å².